The van der Waals surface area contributed by atoms with E-state index >= 15 is 0 Å². The minimum absolute atomic E-state index is 0. The molecular weight excluding hydrogens is 636 g/mol. The highest BCUT2D eigenvalue weighted by molar-refractivity contribution is 6.27. The summed E-state index contributed by atoms with van der Waals surface area (Å²) in [6.45, 7) is 1.32. The number of nitrogens with one attached hydrogen (secondary N) is 4. The molecule has 14 nitrogen and oxygen atoms in total. The predicted octanol–water partition coefficient (Wildman–Crippen LogP) is 2.29. The summed E-state index contributed by atoms with van der Waals surface area (Å²) in [6, 6.07) is 33.7. The molecule has 0 bridgehead atoms. The van der Waals surface area contributed by atoms with Gasteiger partial charge in [0.15, 0.2) is 0 Å². The molecule has 0 aromatic heterocycles. The van der Waals surface area contributed by atoms with Crippen LogP contribution in [-0.4, -0.2) is 77.0 Å². The number of hydrogen-bond donors (Lipinski definition) is 7. The summed E-state index contributed by atoms with van der Waals surface area (Å²) in [4.78, 5) is 43.1. The van der Waals surface area contributed by atoms with E-state index in [0.717, 1.165) is 11.1 Å². The van der Waals surface area contributed by atoms with E-state index in [9.17, 15) is 14.7 Å². The van der Waals surface area contributed by atoms with Gasteiger partial charge in [0.1, 0.15) is 30.8 Å². The first kappa shape index (κ1) is 39.4. The van der Waals surface area contributed by atoms with Crippen LogP contribution in [0.25, 0.3) is 0 Å². The first-order valence-corrected chi connectivity index (χ1v) is 14.9. The number of aliphatic hydroxyl groups is 1. The highest BCUT2D eigenvalue weighted by Gasteiger charge is 2.13. The maximum absolute atomic E-state index is 12.5. The van der Waals surface area contributed by atoms with Gasteiger partial charge in [-0.25, -0.2) is 9.59 Å². The second-order valence-corrected chi connectivity index (χ2v) is 10.2. The van der Waals surface area contributed by atoms with Gasteiger partial charge in [-0.2, -0.15) is 0 Å². The van der Waals surface area contributed by atoms with E-state index in [4.69, 9.17) is 29.3 Å². The summed E-state index contributed by atoms with van der Waals surface area (Å²) < 4.78 is 11.6. The van der Waals surface area contributed by atoms with Crippen molar-refractivity contribution in [2.75, 3.05) is 36.9 Å². The first-order chi connectivity index (χ1) is 23.2. The van der Waals surface area contributed by atoms with E-state index < -0.39 is 18.0 Å². The Kier molecular flexibility index (Phi) is 17.6. The third kappa shape index (κ3) is 15.6. The minimum atomic E-state index is -1.82. The van der Waals surface area contributed by atoms with Gasteiger partial charge in [0, 0.05) is 13.1 Å². The number of carboxylic acid groups (broad SMARTS) is 2. The summed E-state index contributed by atoms with van der Waals surface area (Å²) in [5.41, 5.74) is 3.19. The number of para-hydroxylation sites is 4. The molecule has 0 aliphatic heterocycles. The second-order valence-electron chi connectivity index (χ2n) is 10.2. The molecule has 4 aromatic carbocycles. The quantitative estimate of drug-likeness (QED) is 0.0852. The zero-order valence-electron chi connectivity index (χ0n) is 26.5. The smallest absolute Gasteiger partial charge is 0.414 e. The molecule has 0 saturated heterocycles. The predicted molar refractivity (Wildman–Crippen MR) is 182 cm³/mol. The van der Waals surface area contributed by atoms with Crippen molar-refractivity contribution in [3.8, 4) is 11.5 Å². The van der Waals surface area contributed by atoms with E-state index in [1.165, 1.54) is 0 Å². The fourth-order valence-corrected chi connectivity index (χ4v) is 4.03. The van der Waals surface area contributed by atoms with Crippen molar-refractivity contribution < 1.29 is 49.4 Å². The van der Waals surface area contributed by atoms with Crippen LogP contribution in [0, 0.1) is 0 Å². The Morgan fingerprint density at radius 3 is 1.27 bits per heavy atom. The zero-order chi connectivity index (χ0) is 34.6. The van der Waals surface area contributed by atoms with E-state index in [1.54, 1.807) is 48.5 Å². The number of carbonyl (C=O) groups excluding carboxylic acids is 2. The SMILES string of the molecule is O.O=C(CNCc1ccccc1)Nc1ccccc1OCC(O)COc1ccccc1NC(=O)CNCc1ccccc1.O=C(O)C(=O)O. The van der Waals surface area contributed by atoms with Crippen LogP contribution in [0.2, 0.25) is 0 Å². The molecule has 14 heteroatoms. The van der Waals surface area contributed by atoms with Crippen LogP contribution in [0.5, 0.6) is 11.5 Å². The van der Waals surface area contributed by atoms with Gasteiger partial charge in [0.2, 0.25) is 11.8 Å². The topological polar surface area (TPSA) is 227 Å². The van der Waals surface area contributed by atoms with Gasteiger partial charge in [-0.1, -0.05) is 84.9 Å². The molecule has 0 radical (unpaired) electrons. The molecule has 2 amide bonds. The van der Waals surface area contributed by atoms with Gasteiger partial charge in [0.25, 0.3) is 0 Å². The Hall–Kier alpha value is -5.80. The average molecular weight is 677 g/mol. The van der Waals surface area contributed by atoms with Crippen molar-refractivity contribution in [3.05, 3.63) is 120 Å². The molecule has 0 aliphatic carbocycles. The van der Waals surface area contributed by atoms with Gasteiger partial charge < -0.3 is 51.5 Å². The van der Waals surface area contributed by atoms with Gasteiger partial charge >= 0.3 is 11.9 Å². The normalized spacial score (nSPS) is 10.1. The molecule has 9 N–H and O–H groups in total. The zero-order valence-corrected chi connectivity index (χ0v) is 26.5. The van der Waals surface area contributed by atoms with Crippen LogP contribution < -0.4 is 30.7 Å². The van der Waals surface area contributed by atoms with Crippen LogP contribution in [0.4, 0.5) is 11.4 Å². The molecule has 4 aromatic rings. The maximum atomic E-state index is 12.5. The molecule has 4 rings (SSSR count). The molecule has 0 heterocycles. The highest BCUT2D eigenvalue weighted by Crippen LogP contribution is 2.25. The van der Waals surface area contributed by atoms with Crippen molar-refractivity contribution in [1.82, 2.24) is 10.6 Å². The Morgan fingerprint density at radius 2 is 0.898 bits per heavy atom. The number of anilines is 2. The van der Waals surface area contributed by atoms with E-state index in [1.807, 2.05) is 60.7 Å². The molecule has 0 atom stereocenters. The number of rotatable bonds is 16. The molecule has 0 spiro atoms. The number of carboxylic acids is 2. The summed E-state index contributed by atoms with van der Waals surface area (Å²) in [7, 11) is 0. The molecule has 0 fully saturated rings. The summed E-state index contributed by atoms with van der Waals surface area (Å²) in [5, 5.41) is 37.2. The largest absolute Gasteiger partial charge is 0.489 e. The van der Waals surface area contributed by atoms with Crippen molar-refractivity contribution in [3.63, 3.8) is 0 Å². The monoisotopic (exact) mass is 676 g/mol. The Labute approximate surface area is 283 Å². The molecule has 260 valence electrons. The lowest BCUT2D eigenvalue weighted by Gasteiger charge is -2.17. The van der Waals surface area contributed by atoms with Crippen molar-refractivity contribution in [2.24, 2.45) is 0 Å². The lowest BCUT2D eigenvalue weighted by Crippen LogP contribution is -2.29. The molecular formula is C35H40N4O10. The number of ether oxygens (including phenoxy) is 2. The van der Waals surface area contributed by atoms with Gasteiger partial charge in [-0.3, -0.25) is 9.59 Å². The van der Waals surface area contributed by atoms with Crippen LogP contribution >= 0.6 is 0 Å². The van der Waals surface area contributed by atoms with Crippen molar-refractivity contribution >= 4 is 35.1 Å². The fraction of sp³-hybridized carbons (Fsp3) is 0.200. The summed E-state index contributed by atoms with van der Waals surface area (Å²) in [6.07, 6.45) is -0.961. The second kappa shape index (κ2) is 21.9. The fourth-order valence-electron chi connectivity index (χ4n) is 4.03. The van der Waals surface area contributed by atoms with Crippen molar-refractivity contribution in [2.45, 2.75) is 19.2 Å². The van der Waals surface area contributed by atoms with Gasteiger partial charge in [-0.15, -0.1) is 0 Å². The Bertz CT molecular complexity index is 1490. The van der Waals surface area contributed by atoms with Crippen LogP contribution in [0.15, 0.2) is 109 Å². The van der Waals surface area contributed by atoms with Gasteiger partial charge in [-0.05, 0) is 35.4 Å². The Morgan fingerprint density at radius 1 is 0.551 bits per heavy atom. The van der Waals surface area contributed by atoms with Crippen LogP contribution in [0.1, 0.15) is 11.1 Å². The number of aliphatic hydroxyl groups excluding tert-OH is 1. The number of carbonyl (C=O) groups is 4. The standard InChI is InChI=1S/C33H36N4O5.C2H2O4.H2O/c38-27(23-41-30-17-9-7-15-28(30)36-32(39)21-34-19-25-11-3-1-4-12-25)24-42-31-18-10-8-16-29(31)37-33(40)22-35-20-26-13-5-2-6-14-26;3-1(4)2(5)6;/h1-18,27,34-35,38H,19-24H2,(H,36,39)(H,37,40);(H,3,4)(H,5,6);1H2. The van der Waals surface area contributed by atoms with E-state index in [0.29, 0.717) is 36.0 Å². The van der Waals surface area contributed by atoms with E-state index in [-0.39, 0.29) is 43.6 Å². The lowest BCUT2D eigenvalue weighted by atomic mass is 10.2. The van der Waals surface area contributed by atoms with Crippen LogP contribution in [-0.2, 0) is 32.3 Å². The van der Waals surface area contributed by atoms with Gasteiger partial charge in [0.05, 0.1) is 24.5 Å². The molecule has 0 unspecified atom stereocenters. The third-order valence-corrected chi connectivity index (χ3v) is 6.28. The number of amides is 2. The third-order valence-electron chi connectivity index (χ3n) is 6.28. The molecule has 0 aliphatic rings. The molecule has 49 heavy (non-hydrogen) atoms. The summed E-state index contributed by atoms with van der Waals surface area (Å²) in [5.74, 6) is -3.20. The maximum Gasteiger partial charge on any atom is 0.414 e. The highest BCUT2D eigenvalue weighted by atomic mass is 16.5. The van der Waals surface area contributed by atoms with Crippen LogP contribution in [0.3, 0.4) is 0 Å². The minimum Gasteiger partial charge on any atom is -0.489 e. The lowest BCUT2D eigenvalue weighted by molar-refractivity contribution is -0.159. The average Bonchev–Trinajstić information content (AvgIpc) is 3.08. The number of hydrogen-bond acceptors (Lipinski definition) is 9. The van der Waals surface area contributed by atoms with E-state index in [2.05, 4.69) is 21.3 Å². The number of aliphatic carboxylic acids is 2. The first-order valence-electron chi connectivity index (χ1n) is 14.9. The molecule has 0 saturated carbocycles. The Balaban J connectivity index is 0.00000109. The number of benzene rings is 4. The summed E-state index contributed by atoms with van der Waals surface area (Å²) >= 11 is 0. The van der Waals surface area contributed by atoms with Crippen molar-refractivity contribution in [1.29, 1.82) is 0 Å².